The molecular formula is C22H26N6O2. The van der Waals surface area contributed by atoms with E-state index >= 15 is 0 Å². The molecule has 0 aromatic carbocycles. The van der Waals surface area contributed by atoms with Crippen molar-refractivity contribution in [2.75, 3.05) is 39.4 Å². The highest BCUT2D eigenvalue weighted by atomic mass is 16.5. The summed E-state index contributed by atoms with van der Waals surface area (Å²) in [6, 6.07) is 7.49. The van der Waals surface area contributed by atoms with Crippen molar-refractivity contribution < 1.29 is 9.53 Å². The van der Waals surface area contributed by atoms with Gasteiger partial charge in [0.05, 0.1) is 24.6 Å². The van der Waals surface area contributed by atoms with Gasteiger partial charge >= 0.3 is 0 Å². The number of carbonyl (C=O) groups is 1. The van der Waals surface area contributed by atoms with Gasteiger partial charge in [0.1, 0.15) is 5.69 Å². The van der Waals surface area contributed by atoms with Gasteiger partial charge in [0.25, 0.3) is 5.91 Å². The van der Waals surface area contributed by atoms with Crippen molar-refractivity contribution in [3.8, 4) is 0 Å². The molecule has 3 aromatic heterocycles. The minimum Gasteiger partial charge on any atom is -0.379 e. The highest BCUT2D eigenvalue weighted by Crippen LogP contribution is 2.29. The summed E-state index contributed by atoms with van der Waals surface area (Å²) in [5, 5.41) is 4.83. The van der Waals surface area contributed by atoms with Gasteiger partial charge in [-0.25, -0.2) is 9.50 Å². The number of aromatic nitrogens is 4. The number of aryl methyl sites for hydroxylation is 1. The summed E-state index contributed by atoms with van der Waals surface area (Å²) in [6.07, 6.45) is 4.45. The van der Waals surface area contributed by atoms with Gasteiger partial charge in [-0.15, -0.1) is 0 Å². The van der Waals surface area contributed by atoms with Crippen LogP contribution in [0.3, 0.4) is 0 Å². The molecule has 8 nitrogen and oxygen atoms in total. The van der Waals surface area contributed by atoms with Gasteiger partial charge in [-0.05, 0) is 31.5 Å². The molecule has 5 rings (SSSR count). The first-order valence-electron chi connectivity index (χ1n) is 10.5. The fraction of sp³-hybridized carbons (Fsp3) is 0.455. The number of morpholine rings is 1. The highest BCUT2D eigenvalue weighted by molar-refractivity contribution is 5.92. The Morgan fingerprint density at radius 2 is 2.00 bits per heavy atom. The van der Waals surface area contributed by atoms with E-state index < -0.39 is 0 Å². The molecule has 5 heterocycles. The topological polar surface area (TPSA) is 75.9 Å². The van der Waals surface area contributed by atoms with Crippen molar-refractivity contribution in [1.29, 1.82) is 0 Å². The number of hydrogen-bond acceptors (Lipinski definition) is 6. The minimum atomic E-state index is -0.00643. The lowest BCUT2D eigenvalue weighted by Crippen LogP contribution is -2.35. The fourth-order valence-corrected chi connectivity index (χ4v) is 4.43. The van der Waals surface area contributed by atoms with Crippen LogP contribution in [0, 0.1) is 6.92 Å². The normalized spacial score (nSPS) is 20.2. The predicted octanol–water partition coefficient (Wildman–Crippen LogP) is 1.89. The number of amides is 1. The molecule has 1 atom stereocenters. The van der Waals surface area contributed by atoms with E-state index in [0.717, 1.165) is 62.8 Å². The molecule has 0 radical (unpaired) electrons. The molecule has 156 valence electrons. The van der Waals surface area contributed by atoms with Gasteiger partial charge in [-0.2, -0.15) is 5.10 Å². The third-order valence-electron chi connectivity index (χ3n) is 6.11. The van der Waals surface area contributed by atoms with Crippen molar-refractivity contribution in [2.45, 2.75) is 25.8 Å². The molecular weight excluding hydrogens is 380 g/mol. The Morgan fingerprint density at radius 3 is 2.80 bits per heavy atom. The van der Waals surface area contributed by atoms with Gasteiger partial charge in [0, 0.05) is 56.6 Å². The number of hydrogen-bond donors (Lipinski definition) is 0. The average molecular weight is 406 g/mol. The van der Waals surface area contributed by atoms with E-state index in [1.165, 1.54) is 5.56 Å². The van der Waals surface area contributed by atoms with Crippen LogP contribution in [-0.4, -0.2) is 74.7 Å². The Kier molecular flexibility index (Phi) is 5.18. The Bertz CT molecular complexity index is 1040. The van der Waals surface area contributed by atoms with E-state index in [1.54, 1.807) is 12.3 Å². The Balaban J connectivity index is 1.39. The van der Waals surface area contributed by atoms with Crippen molar-refractivity contribution in [3.05, 3.63) is 59.3 Å². The Morgan fingerprint density at radius 1 is 1.13 bits per heavy atom. The molecule has 0 aliphatic carbocycles. The number of ether oxygens (including phenoxy) is 1. The summed E-state index contributed by atoms with van der Waals surface area (Å²) in [7, 11) is 0. The van der Waals surface area contributed by atoms with Crippen LogP contribution in [0.15, 0.2) is 36.7 Å². The molecule has 2 saturated heterocycles. The minimum absolute atomic E-state index is 0.00643. The third-order valence-corrected chi connectivity index (χ3v) is 6.11. The second-order valence-corrected chi connectivity index (χ2v) is 8.01. The zero-order chi connectivity index (χ0) is 20.5. The number of carbonyl (C=O) groups excluding carboxylic acids is 1. The maximum absolute atomic E-state index is 12.8. The number of nitrogens with zero attached hydrogens (tertiary/aromatic N) is 6. The van der Waals surface area contributed by atoms with Gasteiger partial charge in [0.2, 0.25) is 0 Å². The van der Waals surface area contributed by atoms with E-state index in [4.69, 9.17) is 9.84 Å². The first kappa shape index (κ1) is 19.1. The SMILES string of the molecule is Cc1nn2c([C@H]3CCN(C(=O)c4ccccn4)C3)ccnc2c1CN1CCOCC1. The van der Waals surface area contributed by atoms with Crippen LogP contribution in [0.1, 0.15) is 39.8 Å². The van der Waals surface area contributed by atoms with E-state index in [9.17, 15) is 4.79 Å². The van der Waals surface area contributed by atoms with Crippen LogP contribution in [0.2, 0.25) is 0 Å². The van der Waals surface area contributed by atoms with Crippen LogP contribution < -0.4 is 0 Å². The molecule has 0 bridgehead atoms. The summed E-state index contributed by atoms with van der Waals surface area (Å²) >= 11 is 0. The maximum Gasteiger partial charge on any atom is 0.272 e. The molecule has 0 N–H and O–H groups in total. The average Bonchev–Trinajstić information content (AvgIpc) is 3.40. The summed E-state index contributed by atoms with van der Waals surface area (Å²) < 4.78 is 7.46. The third kappa shape index (κ3) is 3.57. The van der Waals surface area contributed by atoms with E-state index in [-0.39, 0.29) is 11.8 Å². The van der Waals surface area contributed by atoms with Gasteiger partial charge in [0.15, 0.2) is 5.65 Å². The van der Waals surface area contributed by atoms with Crippen LogP contribution in [0.4, 0.5) is 0 Å². The standard InChI is InChI=1S/C22H26N6O2/c1-16-18(15-26-10-12-30-13-11-26)21-24-8-5-20(28(21)25-16)17-6-9-27(14-17)22(29)19-4-2-3-7-23-19/h2-5,7-8,17H,6,9-15H2,1H3/t17-/m0/s1. The zero-order valence-electron chi connectivity index (χ0n) is 17.2. The Labute approximate surface area is 175 Å². The molecule has 0 unspecified atom stereocenters. The van der Waals surface area contributed by atoms with Crippen LogP contribution in [0.5, 0.6) is 0 Å². The second-order valence-electron chi connectivity index (χ2n) is 8.01. The van der Waals surface area contributed by atoms with Gasteiger partial charge in [-0.1, -0.05) is 6.07 Å². The molecule has 0 spiro atoms. The molecule has 0 saturated carbocycles. The van der Waals surface area contributed by atoms with Crippen molar-refractivity contribution in [2.24, 2.45) is 0 Å². The van der Waals surface area contributed by atoms with Crippen LogP contribution in [0.25, 0.3) is 5.65 Å². The van der Waals surface area contributed by atoms with Crippen LogP contribution in [-0.2, 0) is 11.3 Å². The fourth-order valence-electron chi connectivity index (χ4n) is 4.43. The zero-order valence-corrected chi connectivity index (χ0v) is 17.2. The molecule has 1 amide bonds. The maximum atomic E-state index is 12.8. The monoisotopic (exact) mass is 406 g/mol. The lowest BCUT2D eigenvalue weighted by molar-refractivity contribution is 0.0342. The largest absolute Gasteiger partial charge is 0.379 e. The predicted molar refractivity (Wildman–Crippen MR) is 111 cm³/mol. The summed E-state index contributed by atoms with van der Waals surface area (Å²) in [5.41, 5.74) is 4.73. The van der Waals surface area contributed by atoms with E-state index in [2.05, 4.69) is 21.8 Å². The molecule has 3 aromatic rings. The quantitative estimate of drug-likeness (QED) is 0.659. The first-order chi connectivity index (χ1) is 14.7. The van der Waals surface area contributed by atoms with Crippen molar-refractivity contribution in [3.63, 3.8) is 0 Å². The smallest absolute Gasteiger partial charge is 0.272 e. The molecule has 8 heteroatoms. The lowest BCUT2D eigenvalue weighted by Gasteiger charge is -2.26. The van der Waals surface area contributed by atoms with Crippen molar-refractivity contribution >= 4 is 11.6 Å². The number of pyridine rings is 1. The Hall–Kier alpha value is -2.84. The summed E-state index contributed by atoms with van der Waals surface area (Å²) in [5.74, 6) is 0.228. The lowest BCUT2D eigenvalue weighted by atomic mass is 10.0. The van der Waals surface area contributed by atoms with Crippen molar-refractivity contribution in [1.82, 2.24) is 29.4 Å². The van der Waals surface area contributed by atoms with E-state index in [0.29, 0.717) is 12.2 Å². The van der Waals surface area contributed by atoms with E-state index in [1.807, 2.05) is 33.8 Å². The summed E-state index contributed by atoms with van der Waals surface area (Å²) in [4.78, 5) is 25.9. The van der Waals surface area contributed by atoms with Crippen LogP contribution >= 0.6 is 0 Å². The highest BCUT2D eigenvalue weighted by Gasteiger charge is 2.30. The molecule has 2 fully saturated rings. The number of rotatable bonds is 4. The van der Waals surface area contributed by atoms with Gasteiger partial charge in [-0.3, -0.25) is 14.7 Å². The second kappa shape index (κ2) is 8.12. The number of likely N-dealkylation sites (tertiary alicyclic amines) is 1. The molecule has 30 heavy (non-hydrogen) atoms. The number of fused-ring (bicyclic) bond motifs is 1. The molecule has 2 aliphatic heterocycles. The first-order valence-corrected chi connectivity index (χ1v) is 10.5. The summed E-state index contributed by atoms with van der Waals surface area (Å²) in [6.45, 7) is 7.71. The molecule has 2 aliphatic rings. The van der Waals surface area contributed by atoms with Gasteiger partial charge < -0.3 is 9.64 Å².